The van der Waals surface area contributed by atoms with Crippen LogP contribution in [-0.4, -0.2) is 66.0 Å². The molecular weight excluding hydrogens is 342 g/mol. The molecule has 0 aliphatic carbocycles. The number of aromatic amines is 1. The van der Waals surface area contributed by atoms with Crippen molar-refractivity contribution in [1.82, 2.24) is 15.2 Å². The third kappa shape index (κ3) is 5.33. The van der Waals surface area contributed by atoms with E-state index in [1.54, 1.807) is 11.8 Å². The Kier molecular flexibility index (Phi) is 6.76. The summed E-state index contributed by atoms with van der Waals surface area (Å²) >= 11 is 0. The highest BCUT2D eigenvalue weighted by Crippen LogP contribution is 2.11. The van der Waals surface area contributed by atoms with Gasteiger partial charge in [-0.2, -0.15) is 0 Å². The Labute approximate surface area is 151 Å². The molecule has 1 fully saturated rings. The third-order valence-corrected chi connectivity index (χ3v) is 4.03. The summed E-state index contributed by atoms with van der Waals surface area (Å²) in [6.45, 7) is 4.06. The van der Waals surface area contributed by atoms with E-state index in [1.165, 1.54) is 19.2 Å². The zero-order valence-corrected chi connectivity index (χ0v) is 14.9. The molecule has 0 saturated carbocycles. The van der Waals surface area contributed by atoms with Gasteiger partial charge in [0.15, 0.2) is 12.4 Å². The lowest BCUT2D eigenvalue weighted by Crippen LogP contribution is -2.47. The molecule has 2 N–H and O–H groups in total. The van der Waals surface area contributed by atoms with E-state index in [9.17, 15) is 19.2 Å². The number of ether oxygens (including phenoxy) is 2. The minimum Gasteiger partial charge on any atom is -0.451 e. The molecule has 0 unspecified atom stereocenters. The smallest absolute Gasteiger partial charge is 0.409 e. The first-order valence-electron chi connectivity index (χ1n) is 8.48. The number of esters is 1. The fourth-order valence-electron chi connectivity index (χ4n) is 2.61. The second-order valence-corrected chi connectivity index (χ2v) is 5.96. The highest BCUT2D eigenvalue weighted by Gasteiger charge is 2.25. The molecule has 1 aliphatic heterocycles. The van der Waals surface area contributed by atoms with E-state index in [2.05, 4.69) is 10.3 Å². The Morgan fingerprint density at radius 2 is 1.92 bits per heavy atom. The number of ketones is 1. The number of aromatic nitrogens is 1. The van der Waals surface area contributed by atoms with E-state index in [1.807, 2.05) is 0 Å². The van der Waals surface area contributed by atoms with Crippen LogP contribution < -0.4 is 5.32 Å². The summed E-state index contributed by atoms with van der Waals surface area (Å²) in [5.41, 5.74) is 0.487. The van der Waals surface area contributed by atoms with Gasteiger partial charge in [0.05, 0.1) is 6.61 Å². The fraction of sp³-hybridized carbons (Fsp3) is 0.529. The van der Waals surface area contributed by atoms with Crippen molar-refractivity contribution in [3.8, 4) is 0 Å². The Hall–Kier alpha value is -2.84. The summed E-state index contributed by atoms with van der Waals surface area (Å²) in [4.78, 5) is 50.8. The Morgan fingerprint density at radius 3 is 2.50 bits per heavy atom. The number of nitrogens with zero attached hydrogens (tertiary/aromatic N) is 1. The summed E-state index contributed by atoms with van der Waals surface area (Å²) < 4.78 is 9.88. The quantitative estimate of drug-likeness (QED) is 0.576. The lowest BCUT2D eigenvalue weighted by atomic mass is 10.1. The van der Waals surface area contributed by atoms with Gasteiger partial charge in [-0.3, -0.25) is 9.59 Å². The highest BCUT2D eigenvalue weighted by atomic mass is 16.6. The SMILES string of the molecule is CCOC(=O)N1CCC(NC(=O)COC(=O)c2cc(C(C)=O)c[nH]2)CC1. The molecule has 142 valence electrons. The normalized spacial score (nSPS) is 14.6. The average Bonchev–Trinajstić information content (AvgIpc) is 3.11. The van der Waals surface area contributed by atoms with Crippen LogP contribution in [0.4, 0.5) is 4.79 Å². The maximum Gasteiger partial charge on any atom is 0.409 e. The van der Waals surface area contributed by atoms with Gasteiger partial charge in [0.25, 0.3) is 5.91 Å². The third-order valence-electron chi connectivity index (χ3n) is 4.03. The average molecular weight is 365 g/mol. The van der Waals surface area contributed by atoms with Gasteiger partial charge in [0.1, 0.15) is 5.69 Å². The molecule has 0 spiro atoms. The van der Waals surface area contributed by atoms with Crippen LogP contribution >= 0.6 is 0 Å². The van der Waals surface area contributed by atoms with Gasteiger partial charge in [-0.05, 0) is 32.8 Å². The van der Waals surface area contributed by atoms with Crippen molar-refractivity contribution < 1.29 is 28.7 Å². The van der Waals surface area contributed by atoms with Crippen molar-refractivity contribution in [1.29, 1.82) is 0 Å². The summed E-state index contributed by atoms with van der Waals surface area (Å²) in [5, 5.41) is 2.78. The number of H-pyrrole nitrogens is 1. The van der Waals surface area contributed by atoms with E-state index < -0.39 is 18.5 Å². The maximum atomic E-state index is 11.9. The first-order chi connectivity index (χ1) is 12.4. The van der Waals surface area contributed by atoms with Gasteiger partial charge in [-0.1, -0.05) is 0 Å². The van der Waals surface area contributed by atoms with Crippen LogP contribution in [0.25, 0.3) is 0 Å². The van der Waals surface area contributed by atoms with Crippen molar-refractivity contribution in [2.75, 3.05) is 26.3 Å². The van der Waals surface area contributed by atoms with Crippen LogP contribution in [-0.2, 0) is 14.3 Å². The van der Waals surface area contributed by atoms with E-state index in [-0.39, 0.29) is 23.6 Å². The molecule has 9 nitrogen and oxygen atoms in total. The van der Waals surface area contributed by atoms with E-state index >= 15 is 0 Å². The van der Waals surface area contributed by atoms with Gasteiger partial charge in [0.2, 0.25) is 0 Å². The molecule has 1 aromatic rings. The number of rotatable bonds is 6. The van der Waals surface area contributed by atoms with E-state index in [0.29, 0.717) is 38.1 Å². The van der Waals surface area contributed by atoms with Crippen molar-refractivity contribution in [3.63, 3.8) is 0 Å². The monoisotopic (exact) mass is 365 g/mol. The fourth-order valence-corrected chi connectivity index (χ4v) is 2.61. The van der Waals surface area contributed by atoms with E-state index in [0.717, 1.165) is 0 Å². The van der Waals surface area contributed by atoms with Gasteiger partial charge < -0.3 is 24.7 Å². The topological polar surface area (TPSA) is 118 Å². The molecular formula is C17H23N3O6. The molecule has 2 amide bonds. The second-order valence-electron chi connectivity index (χ2n) is 5.96. The molecule has 1 aliphatic rings. The number of carbonyl (C=O) groups excluding carboxylic acids is 4. The van der Waals surface area contributed by atoms with Crippen LogP contribution in [0.2, 0.25) is 0 Å². The van der Waals surface area contributed by atoms with E-state index in [4.69, 9.17) is 9.47 Å². The van der Waals surface area contributed by atoms with Gasteiger partial charge in [-0.15, -0.1) is 0 Å². The highest BCUT2D eigenvalue weighted by molar-refractivity contribution is 5.97. The minimum absolute atomic E-state index is 0.0818. The van der Waals surface area contributed by atoms with Crippen molar-refractivity contribution in [2.45, 2.75) is 32.7 Å². The number of amides is 2. The molecule has 26 heavy (non-hydrogen) atoms. The van der Waals surface area contributed by atoms with Gasteiger partial charge in [0, 0.05) is 30.9 Å². The second kappa shape index (κ2) is 9.02. The zero-order valence-electron chi connectivity index (χ0n) is 14.9. The molecule has 2 rings (SSSR count). The standard InChI is InChI=1S/C17H23N3O6/c1-3-25-17(24)20-6-4-13(5-7-20)19-15(22)10-26-16(23)14-8-12(9-18-14)11(2)21/h8-9,13,18H,3-7,10H2,1-2H3,(H,19,22). The number of hydrogen-bond donors (Lipinski definition) is 2. The number of piperidine rings is 1. The Balaban J connectivity index is 1.71. The van der Waals surface area contributed by atoms with Crippen LogP contribution in [0.1, 0.15) is 47.5 Å². The summed E-state index contributed by atoms with van der Waals surface area (Å²) in [7, 11) is 0. The molecule has 1 saturated heterocycles. The van der Waals surface area contributed by atoms with Gasteiger partial charge >= 0.3 is 12.1 Å². The maximum absolute atomic E-state index is 11.9. The molecule has 0 atom stereocenters. The van der Waals surface area contributed by atoms with Crippen LogP contribution in [0, 0.1) is 0 Å². The number of Topliss-reactive ketones (excluding diaryl/α,β-unsaturated/α-hetero) is 1. The largest absolute Gasteiger partial charge is 0.451 e. The van der Waals surface area contributed by atoms with Crippen molar-refractivity contribution in [2.24, 2.45) is 0 Å². The molecule has 0 bridgehead atoms. The Bertz CT molecular complexity index is 676. The molecule has 0 aromatic carbocycles. The summed E-state index contributed by atoms with van der Waals surface area (Å²) in [6.07, 6.45) is 2.28. The lowest BCUT2D eigenvalue weighted by molar-refractivity contribution is -0.125. The zero-order chi connectivity index (χ0) is 19.1. The van der Waals surface area contributed by atoms with Crippen LogP contribution in [0.5, 0.6) is 0 Å². The number of nitrogens with one attached hydrogen (secondary N) is 2. The minimum atomic E-state index is -0.704. The first kappa shape index (κ1) is 19.5. The predicted molar refractivity (Wildman–Crippen MR) is 90.8 cm³/mol. The first-order valence-corrected chi connectivity index (χ1v) is 8.48. The van der Waals surface area contributed by atoms with Crippen LogP contribution in [0.15, 0.2) is 12.3 Å². The predicted octanol–water partition coefficient (Wildman–Crippen LogP) is 1.11. The molecule has 0 radical (unpaired) electrons. The summed E-state index contributed by atoms with van der Waals surface area (Å²) in [6, 6.07) is 1.30. The molecule has 9 heteroatoms. The number of carbonyl (C=O) groups is 4. The number of likely N-dealkylation sites (tertiary alicyclic amines) is 1. The molecule has 2 heterocycles. The van der Waals surface area contributed by atoms with Crippen molar-refractivity contribution in [3.05, 3.63) is 23.5 Å². The van der Waals surface area contributed by atoms with Crippen molar-refractivity contribution >= 4 is 23.8 Å². The van der Waals surface area contributed by atoms with Crippen LogP contribution in [0.3, 0.4) is 0 Å². The summed E-state index contributed by atoms with van der Waals surface area (Å²) in [5.74, 6) is -1.29. The molecule has 1 aromatic heterocycles. The number of hydrogen-bond acceptors (Lipinski definition) is 6. The Morgan fingerprint density at radius 1 is 1.23 bits per heavy atom. The lowest BCUT2D eigenvalue weighted by Gasteiger charge is -2.31. The van der Waals surface area contributed by atoms with Gasteiger partial charge in [-0.25, -0.2) is 9.59 Å².